The van der Waals surface area contributed by atoms with Crippen LogP contribution in [-0.2, 0) is 0 Å². The minimum absolute atomic E-state index is 0.158. The van der Waals surface area contributed by atoms with Crippen molar-refractivity contribution in [3.63, 3.8) is 0 Å². The quantitative estimate of drug-likeness (QED) is 0.243. The maximum Gasteiger partial charge on any atom is 0.159 e. The second-order valence-electron chi connectivity index (χ2n) is 14.8. The summed E-state index contributed by atoms with van der Waals surface area (Å²) >= 11 is 0. The van der Waals surface area contributed by atoms with Crippen LogP contribution in [0.4, 0.5) is 0 Å². The fraction of sp³-hybridized carbons (Fsp3) is 0. The molecule has 0 saturated heterocycles. The molecule has 0 unspecified atom stereocenters. The summed E-state index contributed by atoms with van der Waals surface area (Å²) in [5, 5.41) is 5.06. The summed E-state index contributed by atoms with van der Waals surface area (Å²) in [7, 11) is 48.7. The summed E-state index contributed by atoms with van der Waals surface area (Å²) in [5.74, 6) is 0. The first kappa shape index (κ1) is 34.8. The zero-order valence-electron chi connectivity index (χ0n) is 31.1. The van der Waals surface area contributed by atoms with Gasteiger partial charge in [0, 0.05) is 43.7 Å². The average molecular weight is 719 g/mol. The van der Waals surface area contributed by atoms with Gasteiger partial charge in [0.1, 0.15) is 60.5 Å². The van der Waals surface area contributed by atoms with E-state index >= 15 is 0 Å². The molecule has 8 aromatic carbocycles. The maximum atomic E-state index is 7.39. The number of fused-ring (bicyclic) bond motifs is 9. The number of hydrogen-bond acceptors (Lipinski definition) is 1. The molecule has 0 aliphatic heterocycles. The molecule has 0 bridgehead atoms. The van der Waals surface area contributed by atoms with E-state index in [-0.39, 0.29) is 27.3 Å². The van der Waals surface area contributed by atoms with Gasteiger partial charge in [-0.25, -0.2) is 0 Å². The molecule has 0 N–H and O–H groups in total. The Balaban J connectivity index is 1.26. The number of benzene rings is 8. The van der Waals surface area contributed by atoms with Crippen LogP contribution < -0.4 is 38.2 Å². The molecule has 3 nitrogen and oxygen atoms in total. The monoisotopic (exact) mass is 720 g/mol. The summed E-state index contributed by atoms with van der Waals surface area (Å²) in [6, 6.07) is 47.2. The van der Waals surface area contributed by atoms with Crippen molar-refractivity contribution in [1.82, 2.24) is 9.13 Å². The van der Waals surface area contributed by atoms with Gasteiger partial charge in [0.15, 0.2) is 5.58 Å². The zero-order valence-corrected chi connectivity index (χ0v) is 31.1. The van der Waals surface area contributed by atoms with E-state index in [1.807, 2.05) is 77.4 Å². The van der Waals surface area contributed by atoms with E-state index in [0.29, 0.717) is 49.6 Å². The van der Waals surface area contributed by atoms with Crippen molar-refractivity contribution in [2.75, 3.05) is 0 Å². The fourth-order valence-electron chi connectivity index (χ4n) is 9.09. The lowest BCUT2D eigenvalue weighted by atomic mass is 9.64. The van der Waals surface area contributed by atoms with E-state index in [1.54, 1.807) is 0 Å². The van der Waals surface area contributed by atoms with Crippen molar-refractivity contribution in [3.8, 4) is 33.6 Å². The predicted octanol–water partition coefficient (Wildman–Crippen LogP) is 4.67. The first-order valence-corrected chi connectivity index (χ1v) is 18.9. The van der Waals surface area contributed by atoms with Gasteiger partial charge in [-0.1, -0.05) is 124 Å². The highest BCUT2D eigenvalue weighted by molar-refractivity contribution is 6.69. The highest BCUT2D eigenvalue weighted by Crippen LogP contribution is 2.41. The molecule has 0 fully saturated rings. The van der Waals surface area contributed by atoms with Gasteiger partial charge in [0.05, 0.1) is 16.7 Å². The van der Waals surface area contributed by atoms with Gasteiger partial charge in [0.2, 0.25) is 0 Å². The van der Waals surface area contributed by atoms with Crippen molar-refractivity contribution in [1.29, 1.82) is 0 Å². The van der Waals surface area contributed by atoms with E-state index in [0.717, 1.165) is 60.5 Å². The normalized spacial score (nSPS) is 11.9. The van der Waals surface area contributed by atoms with Gasteiger partial charge in [-0.15, -0.1) is 10.9 Å². The van der Waals surface area contributed by atoms with Gasteiger partial charge >= 0.3 is 0 Å². The van der Waals surface area contributed by atoms with Gasteiger partial charge < -0.3 is 13.6 Å². The number of nitrogens with zero attached hydrogens (tertiary/aromatic N) is 2. The lowest BCUT2D eigenvalue weighted by Crippen LogP contribution is -2.48. The summed E-state index contributed by atoms with van der Waals surface area (Å²) in [6.45, 7) is 0. The van der Waals surface area contributed by atoms with Crippen LogP contribution in [0.15, 0.2) is 144 Å². The molecule has 10 heteroatoms. The van der Waals surface area contributed by atoms with Crippen molar-refractivity contribution in [2.45, 2.75) is 0 Å². The highest BCUT2D eigenvalue weighted by Gasteiger charge is 2.26. The Kier molecular flexibility index (Phi) is 7.69. The number of hydrogen-bond donors (Lipinski definition) is 0. The van der Waals surface area contributed by atoms with E-state index in [1.165, 1.54) is 0 Å². The minimum Gasteiger partial charge on any atom is -0.454 e. The molecule has 0 aliphatic carbocycles. The van der Waals surface area contributed by atoms with Crippen LogP contribution in [0.25, 0.3) is 99.2 Å². The Labute approximate surface area is 343 Å². The second kappa shape index (κ2) is 12.8. The highest BCUT2D eigenvalue weighted by atomic mass is 16.3. The van der Waals surface area contributed by atoms with E-state index in [2.05, 4.69) is 71.3 Å². The summed E-state index contributed by atoms with van der Waals surface area (Å²) in [5.41, 5.74) is 11.4. The van der Waals surface area contributed by atoms with Crippen molar-refractivity contribution >= 4 is 159 Å². The van der Waals surface area contributed by atoms with Crippen LogP contribution in [0.5, 0.6) is 0 Å². The van der Waals surface area contributed by atoms with Crippen LogP contribution in [0.1, 0.15) is 0 Å². The maximum absolute atomic E-state index is 7.39. The molecule has 0 saturated carbocycles. The van der Waals surface area contributed by atoms with Crippen LogP contribution in [-0.4, -0.2) is 64.1 Å². The summed E-state index contributed by atoms with van der Waals surface area (Å²) in [4.78, 5) is 0. The minimum atomic E-state index is 0.158. The molecular formula is C48H23B7N2O. The first-order chi connectivity index (χ1) is 28.2. The molecule has 3 aromatic heterocycles. The van der Waals surface area contributed by atoms with Gasteiger partial charge in [0.25, 0.3) is 0 Å². The molecule has 11 aromatic rings. The predicted molar refractivity (Wildman–Crippen MR) is 251 cm³/mol. The smallest absolute Gasteiger partial charge is 0.159 e. The summed E-state index contributed by atoms with van der Waals surface area (Å²) in [6.07, 6.45) is 0. The Hall–Kier alpha value is -6.39. The van der Waals surface area contributed by atoms with Crippen molar-refractivity contribution in [2.24, 2.45) is 0 Å². The third-order valence-corrected chi connectivity index (χ3v) is 11.7. The summed E-state index contributed by atoms with van der Waals surface area (Å²) < 4.78 is 10.7. The van der Waals surface area contributed by atoms with Gasteiger partial charge in [-0.05, 0) is 70.1 Å². The molecule has 3 heterocycles. The van der Waals surface area contributed by atoms with Crippen LogP contribution >= 0.6 is 0 Å². The first-order valence-electron chi connectivity index (χ1n) is 18.9. The molecule has 0 amide bonds. The number of furan rings is 1. The van der Waals surface area contributed by atoms with E-state index in [9.17, 15) is 0 Å². The molecular weight excluding hydrogens is 696 g/mol. The molecule has 58 heavy (non-hydrogen) atoms. The standard InChI is InChI=1S/C48H23B7N2O/c49-39-35(25-21-22-31-30(23-25)36-27(24-11-3-1-4-12-24)16-9-18-32(36)56(31)26-13-5-2-6-14-26)40(50)44(54)46-37(39)38-41(51)42(52)43(53)45(55)47(38)57(46)33-19-10-17-29-28-15-7-8-20-34(28)58-48(29)33/h1-23H. The SMILES string of the molecule is [B]c1c([B])c([B])c2c(c1[B])c1c([B])c(-c3ccc4c(c3)c3c(-c5ccccc5)cccc3n4-c3ccccc3)c([B])c([B])c1n2-c1cccc2c1oc1ccccc12. The van der Waals surface area contributed by atoms with Gasteiger partial charge in [-0.3, -0.25) is 0 Å². The van der Waals surface area contributed by atoms with Crippen LogP contribution in [0.3, 0.4) is 0 Å². The Morgan fingerprint density at radius 1 is 0.397 bits per heavy atom. The molecule has 252 valence electrons. The Bertz CT molecular complexity index is 3530. The Morgan fingerprint density at radius 3 is 1.81 bits per heavy atom. The Morgan fingerprint density at radius 2 is 1.03 bits per heavy atom. The molecule has 0 atom stereocenters. The van der Waals surface area contributed by atoms with Crippen LogP contribution in [0, 0.1) is 0 Å². The number of para-hydroxylation sites is 3. The van der Waals surface area contributed by atoms with Crippen molar-refractivity contribution in [3.05, 3.63) is 140 Å². The largest absolute Gasteiger partial charge is 0.454 e. The number of rotatable bonds is 4. The number of aromatic nitrogens is 2. The average Bonchev–Trinajstić information content (AvgIpc) is 3.93. The van der Waals surface area contributed by atoms with E-state index in [4.69, 9.17) is 59.3 Å². The molecule has 11 rings (SSSR count). The zero-order chi connectivity index (χ0) is 39.6. The molecule has 0 aliphatic rings. The third kappa shape index (κ3) is 4.72. The van der Waals surface area contributed by atoms with Gasteiger partial charge in [-0.2, -0.15) is 0 Å². The lowest BCUT2D eigenvalue weighted by molar-refractivity contribution is 0.666. The lowest BCUT2D eigenvalue weighted by Gasteiger charge is -2.19. The fourth-order valence-corrected chi connectivity index (χ4v) is 9.09. The van der Waals surface area contributed by atoms with E-state index < -0.39 is 0 Å². The van der Waals surface area contributed by atoms with Crippen LogP contribution in [0.2, 0.25) is 0 Å². The van der Waals surface area contributed by atoms with Crippen molar-refractivity contribution < 1.29 is 4.42 Å². The second-order valence-corrected chi connectivity index (χ2v) is 14.8. The molecule has 0 spiro atoms. The topological polar surface area (TPSA) is 23.0 Å². The third-order valence-electron chi connectivity index (χ3n) is 11.7. The molecule has 14 radical (unpaired) electrons.